The van der Waals surface area contributed by atoms with Crippen molar-refractivity contribution in [3.05, 3.63) is 52.5 Å². The van der Waals surface area contributed by atoms with Crippen molar-refractivity contribution in [2.75, 3.05) is 0 Å². The number of hydrogen-bond acceptors (Lipinski definition) is 4. The fourth-order valence-corrected chi connectivity index (χ4v) is 2.39. The monoisotopic (exact) mass is 304 g/mol. The number of halogens is 1. The molecule has 0 aliphatic carbocycles. The first-order chi connectivity index (χ1) is 10.1. The number of nitrogens with zero attached hydrogens (tertiary/aromatic N) is 2. The molecule has 1 amide bonds. The van der Waals surface area contributed by atoms with Crippen molar-refractivity contribution in [1.29, 1.82) is 0 Å². The largest absolute Gasteiger partial charge is 0.458 e. The maximum atomic E-state index is 12.0. The van der Waals surface area contributed by atoms with Crippen LogP contribution in [0.3, 0.4) is 0 Å². The molecule has 2 aromatic heterocycles. The summed E-state index contributed by atoms with van der Waals surface area (Å²) < 4.78 is 7.44. The lowest BCUT2D eigenvalue weighted by atomic mass is 10.1. The Labute approximate surface area is 125 Å². The summed E-state index contributed by atoms with van der Waals surface area (Å²) in [6, 6.07) is 7.30. The molecule has 0 saturated heterocycles. The van der Waals surface area contributed by atoms with Gasteiger partial charge in [-0.15, -0.1) is 0 Å². The van der Waals surface area contributed by atoms with Gasteiger partial charge in [-0.1, -0.05) is 29.8 Å². The van der Waals surface area contributed by atoms with E-state index in [1.54, 1.807) is 16.9 Å². The van der Waals surface area contributed by atoms with Crippen molar-refractivity contribution < 1.29 is 9.21 Å². The summed E-state index contributed by atoms with van der Waals surface area (Å²) in [6.07, 6.45) is 1.56. The van der Waals surface area contributed by atoms with Crippen molar-refractivity contribution >= 4 is 28.5 Å². The Bertz CT molecular complexity index is 822. The van der Waals surface area contributed by atoms with Crippen LogP contribution in [-0.2, 0) is 6.54 Å². The minimum absolute atomic E-state index is 0.302. The number of aromatic nitrogens is 2. The third-order valence-corrected chi connectivity index (χ3v) is 3.73. The zero-order chi connectivity index (χ0) is 15.0. The fraction of sp³-hybridized carbons (Fsp3) is 0.143. The van der Waals surface area contributed by atoms with E-state index in [0.29, 0.717) is 33.9 Å². The number of benzene rings is 1. The van der Waals surface area contributed by atoms with E-state index >= 15 is 0 Å². The van der Waals surface area contributed by atoms with Crippen LogP contribution in [0.25, 0.3) is 11.0 Å². The number of hydrazine groups is 1. The molecule has 1 aromatic carbocycles. The quantitative estimate of drug-likeness (QED) is 0.441. The molecule has 0 fully saturated rings. The molecule has 7 heteroatoms. The molecule has 108 valence electrons. The van der Waals surface area contributed by atoms with Crippen LogP contribution in [0, 0.1) is 6.92 Å². The molecule has 0 spiro atoms. The normalized spacial score (nSPS) is 11.0. The second kappa shape index (κ2) is 5.23. The molecule has 0 bridgehead atoms. The molecular weight excluding hydrogens is 292 g/mol. The number of rotatable bonds is 3. The van der Waals surface area contributed by atoms with Gasteiger partial charge in [-0.25, -0.2) is 5.84 Å². The minimum Gasteiger partial charge on any atom is -0.458 e. The molecule has 0 aliphatic rings. The highest BCUT2D eigenvalue weighted by atomic mass is 35.5. The first kappa shape index (κ1) is 13.7. The van der Waals surface area contributed by atoms with Gasteiger partial charge in [0.15, 0.2) is 0 Å². The summed E-state index contributed by atoms with van der Waals surface area (Å²) in [6.45, 7) is 2.15. The zero-order valence-corrected chi connectivity index (χ0v) is 12.0. The summed E-state index contributed by atoms with van der Waals surface area (Å²) in [5.74, 6) is 5.36. The average Bonchev–Trinajstić information content (AvgIpc) is 3.01. The third kappa shape index (κ3) is 2.28. The molecule has 0 saturated carbocycles. The molecule has 2 heterocycles. The Hall–Kier alpha value is -2.31. The molecule has 6 nitrogen and oxygen atoms in total. The van der Waals surface area contributed by atoms with E-state index in [9.17, 15) is 4.79 Å². The number of nitrogens with two attached hydrogens (primary N) is 1. The standard InChI is InChI=1S/C14H13ClN4O2/c1-8-10(15)6-17-19(8)7-12-13(14(20)18-16)9-4-2-3-5-11(9)21-12/h2-6H,7,16H2,1H3,(H,18,20). The van der Waals surface area contributed by atoms with Gasteiger partial charge in [0.25, 0.3) is 5.91 Å². The van der Waals surface area contributed by atoms with Gasteiger partial charge in [0.2, 0.25) is 0 Å². The van der Waals surface area contributed by atoms with Gasteiger partial charge in [-0.3, -0.25) is 14.9 Å². The van der Waals surface area contributed by atoms with Crippen molar-refractivity contribution in [2.45, 2.75) is 13.5 Å². The summed E-state index contributed by atoms with van der Waals surface area (Å²) >= 11 is 5.99. The lowest BCUT2D eigenvalue weighted by molar-refractivity contribution is 0.0953. The highest BCUT2D eigenvalue weighted by Gasteiger charge is 2.21. The van der Waals surface area contributed by atoms with Crippen LogP contribution in [0.4, 0.5) is 0 Å². The summed E-state index contributed by atoms with van der Waals surface area (Å²) in [5, 5.41) is 5.45. The Morgan fingerprint density at radius 3 is 2.90 bits per heavy atom. The maximum Gasteiger partial charge on any atom is 0.269 e. The Morgan fingerprint density at radius 2 is 2.24 bits per heavy atom. The predicted octanol–water partition coefficient (Wildman–Crippen LogP) is 2.24. The lowest BCUT2D eigenvalue weighted by Crippen LogP contribution is -2.30. The number of carbonyl (C=O) groups is 1. The Kier molecular flexibility index (Phi) is 3.40. The van der Waals surface area contributed by atoms with Crippen molar-refractivity contribution in [2.24, 2.45) is 5.84 Å². The van der Waals surface area contributed by atoms with Crippen molar-refractivity contribution in [3.63, 3.8) is 0 Å². The van der Waals surface area contributed by atoms with E-state index in [4.69, 9.17) is 21.9 Å². The van der Waals surface area contributed by atoms with Gasteiger partial charge in [0, 0.05) is 5.39 Å². The van der Waals surface area contributed by atoms with E-state index in [0.717, 1.165) is 5.69 Å². The van der Waals surface area contributed by atoms with Crippen LogP contribution in [0.15, 0.2) is 34.9 Å². The maximum absolute atomic E-state index is 12.0. The topological polar surface area (TPSA) is 86.1 Å². The predicted molar refractivity (Wildman–Crippen MR) is 78.9 cm³/mol. The molecule has 3 rings (SSSR count). The number of carbonyl (C=O) groups excluding carboxylic acids is 1. The molecule has 3 aromatic rings. The van der Waals surface area contributed by atoms with E-state index < -0.39 is 5.91 Å². The van der Waals surface area contributed by atoms with Gasteiger partial charge < -0.3 is 4.42 Å². The smallest absolute Gasteiger partial charge is 0.269 e. The van der Waals surface area contributed by atoms with Crippen LogP contribution in [0.1, 0.15) is 21.8 Å². The number of nitrogen functional groups attached to an aromatic ring is 1. The van der Waals surface area contributed by atoms with E-state index in [2.05, 4.69) is 10.5 Å². The zero-order valence-electron chi connectivity index (χ0n) is 11.3. The van der Waals surface area contributed by atoms with Crippen LogP contribution >= 0.6 is 11.6 Å². The van der Waals surface area contributed by atoms with Gasteiger partial charge >= 0.3 is 0 Å². The molecule has 3 N–H and O–H groups in total. The Balaban J connectivity index is 2.13. The van der Waals surface area contributed by atoms with E-state index in [-0.39, 0.29) is 0 Å². The van der Waals surface area contributed by atoms with Crippen LogP contribution < -0.4 is 11.3 Å². The second-order valence-electron chi connectivity index (χ2n) is 4.61. The van der Waals surface area contributed by atoms with Crippen LogP contribution in [0.2, 0.25) is 5.02 Å². The van der Waals surface area contributed by atoms with Gasteiger partial charge in [0.1, 0.15) is 17.9 Å². The van der Waals surface area contributed by atoms with Crippen molar-refractivity contribution in [3.8, 4) is 0 Å². The van der Waals surface area contributed by atoms with E-state index in [1.807, 2.05) is 25.1 Å². The molecule has 0 atom stereocenters. The number of fused-ring (bicyclic) bond motifs is 1. The molecule has 0 radical (unpaired) electrons. The Morgan fingerprint density at radius 1 is 1.48 bits per heavy atom. The van der Waals surface area contributed by atoms with Crippen LogP contribution in [0.5, 0.6) is 0 Å². The van der Waals surface area contributed by atoms with Gasteiger partial charge in [-0.05, 0) is 13.0 Å². The number of nitrogens with one attached hydrogen (secondary N) is 1. The summed E-state index contributed by atoms with van der Waals surface area (Å²) in [7, 11) is 0. The molecule has 0 unspecified atom stereocenters. The first-order valence-corrected chi connectivity index (χ1v) is 6.69. The highest BCUT2D eigenvalue weighted by molar-refractivity contribution is 6.31. The van der Waals surface area contributed by atoms with Gasteiger partial charge in [-0.2, -0.15) is 5.10 Å². The van der Waals surface area contributed by atoms with Gasteiger partial charge in [0.05, 0.1) is 22.5 Å². The molecule has 21 heavy (non-hydrogen) atoms. The second-order valence-corrected chi connectivity index (χ2v) is 5.01. The number of furan rings is 1. The first-order valence-electron chi connectivity index (χ1n) is 6.31. The number of amides is 1. The van der Waals surface area contributed by atoms with E-state index in [1.165, 1.54) is 0 Å². The highest BCUT2D eigenvalue weighted by Crippen LogP contribution is 2.27. The number of hydrogen-bond donors (Lipinski definition) is 2. The van der Waals surface area contributed by atoms with Crippen molar-refractivity contribution in [1.82, 2.24) is 15.2 Å². The molecular formula is C14H13ClN4O2. The lowest BCUT2D eigenvalue weighted by Gasteiger charge is -2.04. The number of para-hydroxylation sites is 1. The minimum atomic E-state index is -0.397. The summed E-state index contributed by atoms with van der Waals surface area (Å²) in [5.41, 5.74) is 4.00. The SMILES string of the molecule is Cc1c(Cl)cnn1Cc1oc2ccccc2c1C(=O)NN. The fourth-order valence-electron chi connectivity index (χ4n) is 2.25. The van der Waals surface area contributed by atoms with Crippen LogP contribution in [-0.4, -0.2) is 15.7 Å². The third-order valence-electron chi connectivity index (χ3n) is 3.36. The average molecular weight is 305 g/mol. The molecule has 0 aliphatic heterocycles. The summed E-state index contributed by atoms with van der Waals surface area (Å²) in [4.78, 5) is 12.0.